The number of piperidine rings is 3. The van der Waals surface area contributed by atoms with Crippen molar-refractivity contribution in [2.45, 2.75) is 30.8 Å². The lowest BCUT2D eigenvalue weighted by Gasteiger charge is -2.51. The number of hydrogen-bond acceptors (Lipinski definition) is 6. The molecule has 2 aromatic carbocycles. The Bertz CT molecular complexity index is 1130. The summed E-state index contributed by atoms with van der Waals surface area (Å²) in [5.41, 5.74) is 3.27. The number of hydrogen-bond donors (Lipinski definition) is 0. The molecular weight excluding hydrogens is 376 g/mol. The van der Waals surface area contributed by atoms with Gasteiger partial charge in [0.15, 0.2) is 11.5 Å². The van der Waals surface area contributed by atoms with Gasteiger partial charge in [-0.05, 0) is 61.7 Å². The lowest BCUT2D eigenvalue weighted by Crippen LogP contribution is -2.60. The number of para-hydroxylation sites is 2. The average molecular weight is 400 g/mol. The molecule has 0 unspecified atom stereocenters. The van der Waals surface area contributed by atoms with Crippen molar-refractivity contribution in [2.24, 2.45) is 5.92 Å². The van der Waals surface area contributed by atoms with E-state index in [2.05, 4.69) is 34.1 Å². The zero-order chi connectivity index (χ0) is 19.7. The lowest BCUT2D eigenvalue weighted by molar-refractivity contribution is 0.0354. The molecule has 8 rings (SSSR count). The first-order valence-corrected chi connectivity index (χ1v) is 11.0. The van der Waals surface area contributed by atoms with Gasteiger partial charge < -0.3 is 14.4 Å². The Morgan fingerprint density at radius 3 is 2.63 bits per heavy atom. The summed E-state index contributed by atoms with van der Waals surface area (Å²) < 4.78 is 11.2. The Hall–Kier alpha value is -2.86. The third-order valence-corrected chi connectivity index (χ3v) is 7.55. The second-order valence-electron chi connectivity index (χ2n) is 8.94. The van der Waals surface area contributed by atoms with Crippen molar-refractivity contribution in [3.63, 3.8) is 0 Å². The molecule has 6 heteroatoms. The molecule has 0 saturated carbocycles. The highest BCUT2D eigenvalue weighted by Crippen LogP contribution is 2.48. The second kappa shape index (κ2) is 6.32. The van der Waals surface area contributed by atoms with Gasteiger partial charge in [0, 0.05) is 24.5 Å². The molecule has 3 atom stereocenters. The van der Waals surface area contributed by atoms with E-state index >= 15 is 0 Å². The largest absolute Gasteiger partial charge is 0.454 e. The first kappa shape index (κ1) is 16.9. The lowest BCUT2D eigenvalue weighted by atomic mass is 9.75. The zero-order valence-electron chi connectivity index (χ0n) is 16.8. The molecule has 0 amide bonds. The fourth-order valence-electron chi connectivity index (χ4n) is 6.21. The molecular formula is C24H24N4O2. The SMILES string of the molecule is c1ccc2nc(N3C[C@H](c4ccc5c(c4)OCO5)[C@H]4[C@@H]3C3CCN4CC3)cnc2c1. The molecule has 0 aliphatic carbocycles. The molecule has 1 aromatic heterocycles. The summed E-state index contributed by atoms with van der Waals surface area (Å²) in [6.45, 7) is 3.71. The van der Waals surface area contributed by atoms with Crippen LogP contribution in [0.25, 0.3) is 11.0 Å². The van der Waals surface area contributed by atoms with Crippen LogP contribution in [0.3, 0.4) is 0 Å². The van der Waals surface area contributed by atoms with Gasteiger partial charge in [0.2, 0.25) is 6.79 Å². The van der Waals surface area contributed by atoms with Gasteiger partial charge in [0.1, 0.15) is 5.82 Å². The van der Waals surface area contributed by atoms with Gasteiger partial charge in [-0.1, -0.05) is 18.2 Å². The van der Waals surface area contributed by atoms with E-state index in [-0.39, 0.29) is 0 Å². The van der Waals surface area contributed by atoms with Crippen LogP contribution in [0.5, 0.6) is 11.5 Å². The first-order valence-electron chi connectivity index (χ1n) is 11.0. The fraction of sp³-hybridized carbons (Fsp3) is 0.417. The molecule has 2 bridgehead atoms. The van der Waals surface area contributed by atoms with Gasteiger partial charge in [0.05, 0.1) is 17.2 Å². The van der Waals surface area contributed by atoms with Crippen LogP contribution in [0.15, 0.2) is 48.7 Å². The van der Waals surface area contributed by atoms with Crippen molar-refractivity contribution in [2.75, 3.05) is 31.3 Å². The molecule has 4 fully saturated rings. The number of benzene rings is 2. The maximum absolute atomic E-state index is 5.68. The number of aromatic nitrogens is 2. The number of nitrogens with zero attached hydrogens (tertiary/aromatic N) is 4. The minimum Gasteiger partial charge on any atom is -0.454 e. The van der Waals surface area contributed by atoms with Crippen molar-refractivity contribution in [1.82, 2.24) is 14.9 Å². The monoisotopic (exact) mass is 400 g/mol. The highest BCUT2D eigenvalue weighted by Gasteiger charge is 2.53. The van der Waals surface area contributed by atoms with Gasteiger partial charge in [-0.2, -0.15) is 0 Å². The Kier molecular flexibility index (Phi) is 3.56. The van der Waals surface area contributed by atoms with E-state index < -0.39 is 0 Å². The van der Waals surface area contributed by atoms with E-state index in [1.54, 1.807) is 0 Å². The molecule has 0 spiro atoms. The van der Waals surface area contributed by atoms with Gasteiger partial charge >= 0.3 is 0 Å². The van der Waals surface area contributed by atoms with Crippen LogP contribution in [-0.2, 0) is 0 Å². The maximum Gasteiger partial charge on any atom is 0.231 e. The first-order chi connectivity index (χ1) is 14.8. The number of anilines is 1. The van der Waals surface area contributed by atoms with Crippen molar-refractivity contribution < 1.29 is 9.47 Å². The van der Waals surface area contributed by atoms with Crippen LogP contribution in [0.1, 0.15) is 24.3 Å². The van der Waals surface area contributed by atoms with Gasteiger partial charge in [-0.3, -0.25) is 9.88 Å². The summed E-state index contributed by atoms with van der Waals surface area (Å²) >= 11 is 0. The van der Waals surface area contributed by atoms with E-state index in [9.17, 15) is 0 Å². The molecule has 4 saturated heterocycles. The summed E-state index contributed by atoms with van der Waals surface area (Å²) in [6, 6.07) is 15.7. The zero-order valence-corrected chi connectivity index (χ0v) is 16.8. The van der Waals surface area contributed by atoms with E-state index in [1.165, 1.54) is 31.5 Å². The molecule has 5 aliphatic rings. The standard InChI is InChI=1S/C24H24N4O2/c1-2-4-19-18(3-1)25-12-22(26-19)28-13-17(16-5-6-20-21(11-16)30-14-29-20)24-23(28)15-7-9-27(24)10-8-15/h1-6,11-12,15,17,23-24H,7-10,13-14H2/t17-,23+,24+/m1/s1. The van der Waals surface area contributed by atoms with Gasteiger partial charge in [-0.25, -0.2) is 4.98 Å². The molecule has 3 aromatic rings. The van der Waals surface area contributed by atoms with Crippen LogP contribution in [0, 0.1) is 5.92 Å². The summed E-state index contributed by atoms with van der Waals surface area (Å²) in [4.78, 5) is 15.0. The van der Waals surface area contributed by atoms with E-state index in [0.717, 1.165) is 40.8 Å². The van der Waals surface area contributed by atoms with Gasteiger partial charge in [0.25, 0.3) is 0 Å². The number of fused-ring (bicyclic) bond motifs is 4. The Balaban J connectivity index is 1.31. The molecule has 0 radical (unpaired) electrons. The Labute approximate surface area is 175 Å². The van der Waals surface area contributed by atoms with E-state index in [4.69, 9.17) is 19.4 Å². The van der Waals surface area contributed by atoms with Crippen molar-refractivity contribution >= 4 is 16.9 Å². The minimum atomic E-state index is 0.322. The Morgan fingerprint density at radius 1 is 0.900 bits per heavy atom. The van der Waals surface area contributed by atoms with E-state index in [0.29, 0.717) is 24.8 Å². The summed E-state index contributed by atoms with van der Waals surface area (Å²) in [5.74, 6) is 3.91. The van der Waals surface area contributed by atoms with Crippen LogP contribution >= 0.6 is 0 Å². The Morgan fingerprint density at radius 2 is 1.73 bits per heavy atom. The van der Waals surface area contributed by atoms with Crippen LogP contribution < -0.4 is 14.4 Å². The van der Waals surface area contributed by atoms with Crippen molar-refractivity contribution in [3.05, 3.63) is 54.2 Å². The average Bonchev–Trinajstić information content (AvgIpc) is 3.45. The topological polar surface area (TPSA) is 50.7 Å². The van der Waals surface area contributed by atoms with Crippen molar-refractivity contribution in [1.29, 1.82) is 0 Å². The molecule has 6 heterocycles. The molecule has 5 aliphatic heterocycles. The highest BCUT2D eigenvalue weighted by atomic mass is 16.7. The highest BCUT2D eigenvalue weighted by molar-refractivity contribution is 5.75. The molecule has 30 heavy (non-hydrogen) atoms. The maximum atomic E-state index is 5.68. The predicted molar refractivity (Wildman–Crippen MR) is 114 cm³/mol. The smallest absolute Gasteiger partial charge is 0.231 e. The minimum absolute atomic E-state index is 0.322. The summed E-state index contributed by atoms with van der Waals surface area (Å²) in [6.07, 6.45) is 4.54. The quantitative estimate of drug-likeness (QED) is 0.657. The third-order valence-electron chi connectivity index (χ3n) is 7.55. The third kappa shape index (κ3) is 2.40. The van der Waals surface area contributed by atoms with Crippen LogP contribution in [-0.4, -0.2) is 53.4 Å². The van der Waals surface area contributed by atoms with Crippen molar-refractivity contribution in [3.8, 4) is 11.5 Å². The van der Waals surface area contributed by atoms with Crippen LogP contribution in [0.4, 0.5) is 5.82 Å². The second-order valence-corrected chi connectivity index (χ2v) is 8.94. The number of ether oxygens (including phenoxy) is 2. The number of rotatable bonds is 2. The molecule has 0 N–H and O–H groups in total. The summed E-state index contributed by atoms with van der Waals surface area (Å²) in [5, 5.41) is 0. The predicted octanol–water partition coefficient (Wildman–Crippen LogP) is 3.43. The fourth-order valence-corrected chi connectivity index (χ4v) is 6.21. The van der Waals surface area contributed by atoms with Crippen LogP contribution in [0.2, 0.25) is 0 Å². The van der Waals surface area contributed by atoms with Gasteiger partial charge in [-0.15, -0.1) is 0 Å². The normalized spacial score (nSPS) is 31.3. The van der Waals surface area contributed by atoms with E-state index in [1.807, 2.05) is 24.4 Å². The molecule has 6 nitrogen and oxygen atoms in total. The summed E-state index contributed by atoms with van der Waals surface area (Å²) in [7, 11) is 0. The molecule has 152 valence electrons.